The van der Waals surface area contributed by atoms with E-state index in [2.05, 4.69) is 29.2 Å². The highest BCUT2D eigenvalue weighted by atomic mass is 32.1. The number of ether oxygens (including phenoxy) is 1. The number of benzene rings is 2. The van der Waals surface area contributed by atoms with Crippen molar-refractivity contribution >= 4 is 34.8 Å². The van der Waals surface area contributed by atoms with Crippen LogP contribution in [0.25, 0.3) is 11.3 Å². The van der Waals surface area contributed by atoms with Crippen LogP contribution in [-0.2, 0) is 4.79 Å². The Bertz CT molecular complexity index is 1290. The highest BCUT2D eigenvalue weighted by Crippen LogP contribution is 2.33. The predicted molar refractivity (Wildman–Crippen MR) is 137 cm³/mol. The van der Waals surface area contributed by atoms with Gasteiger partial charge in [-0.25, -0.2) is 4.68 Å². The molecule has 0 atom stereocenters. The second kappa shape index (κ2) is 10.1. The summed E-state index contributed by atoms with van der Waals surface area (Å²) >= 11 is 1.48. The average molecular weight is 480 g/mol. The van der Waals surface area contributed by atoms with E-state index in [0.29, 0.717) is 17.0 Å². The van der Waals surface area contributed by atoms with Crippen LogP contribution in [0.15, 0.2) is 51.9 Å². The van der Waals surface area contributed by atoms with Crippen LogP contribution in [0.4, 0.5) is 11.4 Å². The van der Waals surface area contributed by atoms with Crippen molar-refractivity contribution in [2.75, 3.05) is 29.9 Å². The van der Waals surface area contributed by atoms with Crippen molar-refractivity contribution in [3.05, 3.63) is 52.1 Å². The van der Waals surface area contributed by atoms with E-state index >= 15 is 0 Å². The fourth-order valence-electron chi connectivity index (χ4n) is 3.71. The van der Waals surface area contributed by atoms with E-state index in [1.54, 1.807) is 17.0 Å². The SMILES string of the molecule is CCN(CC)c1ccc(C=Nn2c(-c3ccc4c(c3)NC(=O)CO4)csc2=NC(C)C)c(O)c1. The van der Waals surface area contributed by atoms with Gasteiger partial charge in [0, 0.05) is 47.4 Å². The predicted octanol–water partition coefficient (Wildman–Crippen LogP) is 4.29. The fourth-order valence-corrected chi connectivity index (χ4v) is 4.68. The van der Waals surface area contributed by atoms with E-state index in [1.165, 1.54) is 11.3 Å². The maximum absolute atomic E-state index is 11.8. The van der Waals surface area contributed by atoms with E-state index in [4.69, 9.17) is 9.73 Å². The molecule has 1 aromatic heterocycles. The summed E-state index contributed by atoms with van der Waals surface area (Å²) in [6.07, 6.45) is 1.64. The maximum Gasteiger partial charge on any atom is 0.262 e. The first-order valence-electron chi connectivity index (χ1n) is 11.3. The lowest BCUT2D eigenvalue weighted by molar-refractivity contribution is -0.118. The summed E-state index contributed by atoms with van der Waals surface area (Å²) in [5, 5.41) is 20.1. The Morgan fingerprint density at radius 1 is 1.24 bits per heavy atom. The Morgan fingerprint density at radius 3 is 2.74 bits per heavy atom. The fraction of sp³-hybridized carbons (Fsp3) is 0.320. The molecule has 2 aromatic carbocycles. The summed E-state index contributed by atoms with van der Waals surface area (Å²) in [4.78, 5) is 19.4. The molecule has 0 unspecified atom stereocenters. The average Bonchev–Trinajstić information content (AvgIpc) is 3.20. The van der Waals surface area contributed by atoms with Crippen LogP contribution in [0.1, 0.15) is 33.3 Å². The van der Waals surface area contributed by atoms with Crippen LogP contribution in [0, 0.1) is 0 Å². The molecule has 8 nitrogen and oxygen atoms in total. The minimum Gasteiger partial charge on any atom is -0.507 e. The van der Waals surface area contributed by atoms with Crippen LogP contribution in [0.5, 0.6) is 11.5 Å². The van der Waals surface area contributed by atoms with Crippen LogP contribution in [-0.4, -0.2) is 47.6 Å². The lowest BCUT2D eigenvalue weighted by atomic mass is 10.1. The smallest absolute Gasteiger partial charge is 0.262 e. The van der Waals surface area contributed by atoms with Crippen molar-refractivity contribution in [1.29, 1.82) is 0 Å². The van der Waals surface area contributed by atoms with Gasteiger partial charge in [-0.15, -0.1) is 11.3 Å². The van der Waals surface area contributed by atoms with Crippen LogP contribution >= 0.6 is 11.3 Å². The standard InChI is InChI=1S/C25H29N5O3S/c1-5-29(6-2)19-9-7-18(22(31)12-19)13-26-30-21(15-34-25(30)27-16(3)4)17-8-10-23-20(11-17)28-24(32)14-33-23/h7-13,15-16,31H,5-6,14H2,1-4H3,(H,28,32). The molecule has 0 radical (unpaired) electrons. The number of fused-ring (bicyclic) bond motifs is 1. The van der Waals surface area contributed by atoms with Crippen molar-refractivity contribution in [3.63, 3.8) is 0 Å². The third-order valence-electron chi connectivity index (χ3n) is 5.42. The quantitative estimate of drug-likeness (QED) is 0.495. The topological polar surface area (TPSA) is 91.5 Å². The van der Waals surface area contributed by atoms with E-state index < -0.39 is 0 Å². The van der Waals surface area contributed by atoms with Gasteiger partial charge in [-0.3, -0.25) is 9.79 Å². The number of phenols is 1. The van der Waals surface area contributed by atoms with Gasteiger partial charge in [-0.1, -0.05) is 0 Å². The molecule has 2 N–H and O–H groups in total. The number of carbonyl (C=O) groups excluding carboxylic acids is 1. The zero-order chi connectivity index (χ0) is 24.2. The number of aromatic nitrogens is 1. The van der Waals surface area contributed by atoms with E-state index in [-0.39, 0.29) is 24.3 Å². The maximum atomic E-state index is 11.8. The molecular weight excluding hydrogens is 450 g/mol. The molecular formula is C25H29N5O3S. The second-order valence-corrected chi connectivity index (χ2v) is 8.98. The van der Waals surface area contributed by atoms with Crippen molar-refractivity contribution in [3.8, 4) is 22.8 Å². The van der Waals surface area contributed by atoms with Crippen LogP contribution in [0.2, 0.25) is 0 Å². The minimum absolute atomic E-state index is 0.0169. The van der Waals surface area contributed by atoms with Gasteiger partial charge < -0.3 is 20.1 Å². The van der Waals surface area contributed by atoms with Gasteiger partial charge in [-0.05, 0) is 58.0 Å². The Kier molecular flexibility index (Phi) is 7.02. The number of nitrogens with zero attached hydrogens (tertiary/aromatic N) is 4. The molecule has 4 rings (SSSR count). The summed E-state index contributed by atoms with van der Waals surface area (Å²) in [7, 11) is 0. The summed E-state index contributed by atoms with van der Waals surface area (Å²) in [5.74, 6) is 0.625. The molecule has 0 spiro atoms. The molecule has 9 heteroatoms. The zero-order valence-corrected chi connectivity index (χ0v) is 20.6. The van der Waals surface area contributed by atoms with Gasteiger partial charge in [0.15, 0.2) is 6.61 Å². The molecule has 34 heavy (non-hydrogen) atoms. The van der Waals surface area contributed by atoms with Gasteiger partial charge in [-0.2, -0.15) is 5.10 Å². The Balaban J connectivity index is 1.74. The van der Waals surface area contributed by atoms with Crippen molar-refractivity contribution < 1.29 is 14.6 Å². The molecule has 178 valence electrons. The number of rotatable bonds is 7. The molecule has 0 fully saturated rings. The highest BCUT2D eigenvalue weighted by molar-refractivity contribution is 7.07. The zero-order valence-electron chi connectivity index (χ0n) is 19.8. The van der Waals surface area contributed by atoms with Gasteiger partial charge in [0.05, 0.1) is 17.6 Å². The van der Waals surface area contributed by atoms with Gasteiger partial charge >= 0.3 is 0 Å². The van der Waals surface area contributed by atoms with Crippen LogP contribution in [0.3, 0.4) is 0 Å². The number of carbonyl (C=O) groups is 1. The summed E-state index contributed by atoms with van der Waals surface area (Å²) in [6.45, 7) is 9.94. The number of aromatic hydroxyl groups is 1. The van der Waals surface area contributed by atoms with Crippen LogP contribution < -0.4 is 19.8 Å². The first-order valence-corrected chi connectivity index (χ1v) is 12.2. The third-order valence-corrected chi connectivity index (χ3v) is 6.25. The normalized spacial score (nSPS) is 13.8. The third kappa shape index (κ3) is 4.99. The highest BCUT2D eigenvalue weighted by Gasteiger charge is 2.18. The molecule has 0 bridgehead atoms. The number of hydrogen-bond donors (Lipinski definition) is 2. The molecule has 0 saturated carbocycles. The van der Waals surface area contributed by atoms with E-state index in [1.807, 2.05) is 49.6 Å². The molecule has 0 saturated heterocycles. The van der Waals surface area contributed by atoms with Crippen molar-refractivity contribution in [2.24, 2.45) is 10.1 Å². The molecule has 2 heterocycles. The van der Waals surface area contributed by atoms with Crippen molar-refractivity contribution in [1.82, 2.24) is 4.68 Å². The molecule has 1 aliphatic heterocycles. The Hall–Kier alpha value is -3.59. The Morgan fingerprint density at radius 2 is 2.03 bits per heavy atom. The Labute approximate surface area is 202 Å². The van der Waals surface area contributed by atoms with Gasteiger partial charge in [0.1, 0.15) is 11.5 Å². The largest absolute Gasteiger partial charge is 0.507 e. The molecule has 0 aliphatic carbocycles. The molecule has 1 amide bonds. The number of thiazole rings is 1. The van der Waals surface area contributed by atoms with Gasteiger partial charge in [0.2, 0.25) is 4.80 Å². The van der Waals surface area contributed by atoms with E-state index in [0.717, 1.165) is 34.8 Å². The van der Waals surface area contributed by atoms with Crippen molar-refractivity contribution in [2.45, 2.75) is 33.7 Å². The lowest BCUT2D eigenvalue weighted by Gasteiger charge is -2.21. The number of phenolic OH excluding ortho intramolecular Hbond substituents is 1. The first-order chi connectivity index (χ1) is 16.4. The number of hydrogen-bond acceptors (Lipinski definition) is 7. The second-order valence-electron chi connectivity index (χ2n) is 8.15. The molecule has 3 aromatic rings. The number of amides is 1. The summed E-state index contributed by atoms with van der Waals surface area (Å²) in [6, 6.07) is 11.3. The minimum atomic E-state index is -0.181. The van der Waals surface area contributed by atoms with E-state index in [9.17, 15) is 9.90 Å². The summed E-state index contributed by atoms with van der Waals surface area (Å²) in [5.41, 5.74) is 3.90. The lowest BCUT2D eigenvalue weighted by Crippen LogP contribution is -2.25. The van der Waals surface area contributed by atoms with Gasteiger partial charge in [0.25, 0.3) is 5.91 Å². The number of anilines is 2. The number of nitrogens with one attached hydrogen (secondary N) is 1. The monoisotopic (exact) mass is 479 g/mol. The first kappa shape index (κ1) is 23.6. The summed E-state index contributed by atoms with van der Waals surface area (Å²) < 4.78 is 7.24. The molecule has 1 aliphatic rings.